The first kappa shape index (κ1) is 16.4. The number of hydrogen-bond donors (Lipinski definition) is 2. The lowest BCUT2D eigenvalue weighted by molar-refractivity contribution is 0.0744. The lowest BCUT2D eigenvalue weighted by atomic mass is 10.0. The predicted molar refractivity (Wildman–Crippen MR) is 87.0 cm³/mol. The summed E-state index contributed by atoms with van der Waals surface area (Å²) in [5.41, 5.74) is 5.67. The Balaban J connectivity index is 1.78. The highest BCUT2D eigenvalue weighted by Gasteiger charge is 2.15. The zero-order valence-electron chi connectivity index (χ0n) is 13.5. The summed E-state index contributed by atoms with van der Waals surface area (Å²) in [5.74, 6) is 0.666. The lowest BCUT2D eigenvalue weighted by Gasteiger charge is -2.33. The van der Waals surface area contributed by atoms with Crippen molar-refractivity contribution < 1.29 is 5.11 Å². The van der Waals surface area contributed by atoms with Crippen LogP contribution in [0.1, 0.15) is 31.1 Å². The number of nitrogens with one attached hydrogen (secondary N) is 1. The van der Waals surface area contributed by atoms with E-state index >= 15 is 0 Å². The number of rotatable bonds is 6. The molecule has 2 N–H and O–H groups in total. The minimum Gasteiger partial charge on any atom is -0.387 e. The molecule has 0 aliphatic carbocycles. The molecule has 1 saturated heterocycles. The molecule has 1 unspecified atom stereocenters. The molecule has 1 fully saturated rings. The molecule has 4 nitrogen and oxygen atoms in total. The second-order valence-corrected chi connectivity index (χ2v) is 6.51. The molecule has 0 saturated carbocycles. The fourth-order valence-corrected chi connectivity index (χ4v) is 2.65. The van der Waals surface area contributed by atoms with E-state index in [1.54, 1.807) is 0 Å². The van der Waals surface area contributed by atoms with Gasteiger partial charge >= 0.3 is 0 Å². The average Bonchev–Trinajstić information content (AvgIpc) is 2.46. The van der Waals surface area contributed by atoms with E-state index in [1.807, 2.05) is 12.1 Å². The normalized spacial score (nSPS) is 19.1. The maximum Gasteiger partial charge on any atom is 0.0928 e. The Morgan fingerprint density at radius 3 is 2.29 bits per heavy atom. The average molecular weight is 291 g/mol. The van der Waals surface area contributed by atoms with Gasteiger partial charge in [-0.15, -0.1) is 0 Å². The third-order valence-corrected chi connectivity index (χ3v) is 4.02. The van der Waals surface area contributed by atoms with Crippen LogP contribution in [0.15, 0.2) is 24.3 Å². The van der Waals surface area contributed by atoms with Crippen LogP contribution in [0.3, 0.4) is 0 Å². The first-order chi connectivity index (χ1) is 10.0. The van der Waals surface area contributed by atoms with E-state index in [1.165, 1.54) is 5.56 Å². The molecule has 1 heterocycles. The molecule has 4 heteroatoms. The molecule has 0 spiro atoms. The summed E-state index contributed by atoms with van der Waals surface area (Å²) >= 11 is 0. The number of benzene rings is 1. The molecule has 1 aromatic rings. The van der Waals surface area contributed by atoms with E-state index in [-0.39, 0.29) is 0 Å². The third-order valence-electron chi connectivity index (χ3n) is 4.02. The Hall–Kier alpha value is -0.940. The smallest absolute Gasteiger partial charge is 0.0928 e. The summed E-state index contributed by atoms with van der Waals surface area (Å²) in [6, 6.07) is 8.37. The fraction of sp³-hybridized carbons (Fsp3) is 0.647. The van der Waals surface area contributed by atoms with Gasteiger partial charge in [-0.3, -0.25) is 5.43 Å². The molecule has 21 heavy (non-hydrogen) atoms. The van der Waals surface area contributed by atoms with Crippen molar-refractivity contribution in [2.45, 2.75) is 26.4 Å². The molecule has 0 bridgehead atoms. The van der Waals surface area contributed by atoms with E-state index in [9.17, 15) is 5.11 Å². The number of hydrogen-bond acceptors (Lipinski definition) is 4. The Morgan fingerprint density at radius 1 is 1.10 bits per heavy atom. The van der Waals surface area contributed by atoms with Gasteiger partial charge in [0.15, 0.2) is 0 Å². The number of likely N-dealkylation sites (N-methyl/N-ethyl adjacent to an activating group) is 1. The molecule has 0 amide bonds. The summed E-state index contributed by atoms with van der Waals surface area (Å²) in [7, 11) is 2.14. The zero-order chi connectivity index (χ0) is 15.2. The van der Waals surface area contributed by atoms with Crippen molar-refractivity contribution in [1.82, 2.24) is 15.3 Å². The van der Waals surface area contributed by atoms with E-state index < -0.39 is 6.10 Å². The first-order valence-electron chi connectivity index (χ1n) is 7.98. The molecular weight excluding hydrogens is 262 g/mol. The Labute approximate surface area is 128 Å². The van der Waals surface area contributed by atoms with Gasteiger partial charge < -0.3 is 10.0 Å². The summed E-state index contributed by atoms with van der Waals surface area (Å²) in [5, 5.41) is 12.5. The largest absolute Gasteiger partial charge is 0.387 e. The van der Waals surface area contributed by atoms with Gasteiger partial charge in [0.05, 0.1) is 6.10 Å². The quantitative estimate of drug-likeness (QED) is 0.836. The topological polar surface area (TPSA) is 38.7 Å². The lowest BCUT2D eigenvalue weighted by Crippen LogP contribution is -2.51. The van der Waals surface area contributed by atoms with Crippen LogP contribution in [0.25, 0.3) is 0 Å². The van der Waals surface area contributed by atoms with Crippen molar-refractivity contribution in [2.24, 2.45) is 5.92 Å². The van der Waals surface area contributed by atoms with Crippen LogP contribution < -0.4 is 5.43 Å². The van der Waals surface area contributed by atoms with Crippen LogP contribution >= 0.6 is 0 Å². The van der Waals surface area contributed by atoms with Crippen molar-refractivity contribution in [3.05, 3.63) is 35.4 Å². The van der Waals surface area contributed by atoms with Crippen LogP contribution in [0.5, 0.6) is 0 Å². The van der Waals surface area contributed by atoms with E-state index in [0.29, 0.717) is 12.5 Å². The first-order valence-corrected chi connectivity index (χ1v) is 7.98. The van der Waals surface area contributed by atoms with Crippen LogP contribution in [0.2, 0.25) is 0 Å². The van der Waals surface area contributed by atoms with Crippen molar-refractivity contribution >= 4 is 0 Å². The Kier molecular flexibility index (Phi) is 6.18. The summed E-state index contributed by atoms with van der Waals surface area (Å²) in [6.07, 6.45) is 0.647. The summed E-state index contributed by atoms with van der Waals surface area (Å²) in [4.78, 5) is 2.32. The zero-order valence-corrected chi connectivity index (χ0v) is 13.5. The van der Waals surface area contributed by atoms with Gasteiger partial charge in [0.1, 0.15) is 0 Å². The molecule has 1 aromatic carbocycles. The van der Waals surface area contributed by atoms with Crippen molar-refractivity contribution in [3.8, 4) is 0 Å². The SMILES string of the molecule is CC(C)Cc1ccc(C(O)CNN2CCN(C)CC2)cc1. The van der Waals surface area contributed by atoms with Crippen LogP contribution in [0.4, 0.5) is 0 Å². The fourth-order valence-electron chi connectivity index (χ4n) is 2.65. The second kappa shape index (κ2) is 7.90. The number of aliphatic hydroxyl groups excluding tert-OH is 1. The molecule has 2 rings (SSSR count). The molecule has 1 atom stereocenters. The van der Waals surface area contributed by atoms with Gasteiger partial charge in [-0.1, -0.05) is 38.1 Å². The summed E-state index contributed by atoms with van der Waals surface area (Å²) in [6.45, 7) is 9.20. The number of aliphatic hydroxyl groups is 1. The van der Waals surface area contributed by atoms with E-state index in [2.05, 4.69) is 48.4 Å². The maximum absolute atomic E-state index is 10.3. The molecule has 1 aliphatic heterocycles. The molecule has 1 aliphatic rings. The van der Waals surface area contributed by atoms with Crippen LogP contribution in [-0.2, 0) is 6.42 Å². The monoisotopic (exact) mass is 291 g/mol. The van der Waals surface area contributed by atoms with Gasteiger partial charge in [-0.05, 0) is 30.5 Å². The molecule has 0 radical (unpaired) electrons. The second-order valence-electron chi connectivity index (χ2n) is 6.51. The van der Waals surface area contributed by atoms with E-state index in [4.69, 9.17) is 0 Å². The van der Waals surface area contributed by atoms with Crippen molar-refractivity contribution in [3.63, 3.8) is 0 Å². The van der Waals surface area contributed by atoms with Crippen LogP contribution in [-0.4, -0.2) is 54.8 Å². The van der Waals surface area contributed by atoms with Gasteiger partial charge in [0, 0.05) is 32.7 Å². The number of nitrogens with zero attached hydrogens (tertiary/aromatic N) is 2. The predicted octanol–water partition coefficient (Wildman–Crippen LogP) is 1.67. The third kappa shape index (κ3) is 5.40. The molecule has 118 valence electrons. The van der Waals surface area contributed by atoms with Gasteiger partial charge in [-0.2, -0.15) is 0 Å². The van der Waals surface area contributed by atoms with Crippen molar-refractivity contribution in [1.29, 1.82) is 0 Å². The minimum absolute atomic E-state index is 0.447. The van der Waals surface area contributed by atoms with Crippen LogP contribution in [0, 0.1) is 5.92 Å². The van der Waals surface area contributed by atoms with Crippen molar-refractivity contribution in [2.75, 3.05) is 39.8 Å². The minimum atomic E-state index is -0.447. The Morgan fingerprint density at radius 2 is 1.71 bits per heavy atom. The number of hydrazine groups is 1. The van der Waals surface area contributed by atoms with Gasteiger partial charge in [-0.25, -0.2) is 5.01 Å². The highest BCUT2D eigenvalue weighted by Crippen LogP contribution is 2.15. The van der Waals surface area contributed by atoms with E-state index in [0.717, 1.165) is 38.2 Å². The molecular formula is C17H29N3O. The maximum atomic E-state index is 10.3. The van der Waals surface area contributed by atoms with Gasteiger partial charge in [0.2, 0.25) is 0 Å². The summed E-state index contributed by atoms with van der Waals surface area (Å²) < 4.78 is 0. The molecule has 0 aromatic heterocycles. The standard InChI is InChI=1S/C17H29N3O/c1-14(2)12-15-4-6-16(7-5-15)17(21)13-18-20-10-8-19(3)9-11-20/h4-7,14,17-18,21H,8-13H2,1-3H3. The Bertz CT molecular complexity index is 411. The highest BCUT2D eigenvalue weighted by molar-refractivity contribution is 5.24. The highest BCUT2D eigenvalue weighted by atomic mass is 16.3. The number of piperazine rings is 1. The van der Waals surface area contributed by atoms with Gasteiger partial charge in [0.25, 0.3) is 0 Å².